The molecular weight excluding hydrogens is 377 g/mol. The lowest BCUT2D eigenvalue weighted by Gasteiger charge is -2.10. The summed E-state index contributed by atoms with van der Waals surface area (Å²) in [5, 5.41) is 2.56. The Morgan fingerprint density at radius 2 is 1.89 bits per heavy atom. The fourth-order valence-corrected chi connectivity index (χ4v) is 2.72. The van der Waals surface area contributed by atoms with Gasteiger partial charge in [-0.05, 0) is 68.6 Å². The van der Waals surface area contributed by atoms with Crippen LogP contribution in [-0.4, -0.2) is 5.91 Å². The number of anilines is 1. The number of carbonyl (C=O) groups is 1. The summed E-state index contributed by atoms with van der Waals surface area (Å²) in [7, 11) is 0. The molecule has 0 fully saturated rings. The number of nitrogens with one attached hydrogen (secondary N) is 1. The summed E-state index contributed by atoms with van der Waals surface area (Å²) >= 11 is 6.54. The van der Waals surface area contributed by atoms with Gasteiger partial charge in [0.05, 0.1) is 11.3 Å². The topological polar surface area (TPSA) is 29.1 Å². The summed E-state index contributed by atoms with van der Waals surface area (Å²) < 4.78 is 14.8. The minimum atomic E-state index is -0.481. The molecule has 0 atom stereocenters. The number of halogens is 3. The third kappa shape index (κ3) is 3.22. The lowest BCUT2D eigenvalue weighted by molar-refractivity contribution is 0.102. The molecule has 2 nitrogen and oxygen atoms in total. The average Bonchev–Trinajstić information content (AvgIpc) is 2.33. The van der Waals surface area contributed by atoms with Crippen LogP contribution in [0, 0.1) is 12.7 Å². The van der Waals surface area contributed by atoms with Crippen LogP contribution >= 0.6 is 31.9 Å². The molecule has 0 aliphatic carbocycles. The van der Waals surface area contributed by atoms with E-state index < -0.39 is 5.82 Å². The zero-order valence-corrected chi connectivity index (χ0v) is 13.2. The Kier molecular flexibility index (Phi) is 4.37. The average molecular weight is 387 g/mol. The van der Waals surface area contributed by atoms with Crippen LogP contribution in [0.1, 0.15) is 15.9 Å². The van der Waals surface area contributed by atoms with Crippen LogP contribution in [-0.2, 0) is 0 Å². The van der Waals surface area contributed by atoms with Crippen LogP contribution in [0.4, 0.5) is 10.1 Å². The highest BCUT2D eigenvalue weighted by Crippen LogP contribution is 2.27. The first kappa shape index (κ1) is 14.2. The molecule has 0 aliphatic rings. The van der Waals surface area contributed by atoms with Crippen LogP contribution in [0.25, 0.3) is 0 Å². The second-order valence-electron chi connectivity index (χ2n) is 4.03. The number of aryl methyl sites for hydroxylation is 1. The van der Waals surface area contributed by atoms with E-state index in [0.29, 0.717) is 14.5 Å². The van der Waals surface area contributed by atoms with Crippen molar-refractivity contribution < 1.29 is 9.18 Å². The summed E-state index contributed by atoms with van der Waals surface area (Å²) in [4.78, 5) is 12.1. The van der Waals surface area contributed by atoms with Crippen molar-refractivity contribution >= 4 is 43.5 Å². The fraction of sp³-hybridized carbons (Fsp3) is 0.0714. The quantitative estimate of drug-likeness (QED) is 0.780. The van der Waals surface area contributed by atoms with Gasteiger partial charge in [-0.3, -0.25) is 4.79 Å². The van der Waals surface area contributed by atoms with E-state index in [9.17, 15) is 9.18 Å². The van der Waals surface area contributed by atoms with E-state index in [2.05, 4.69) is 37.2 Å². The molecular formula is C14H10Br2FNO. The largest absolute Gasteiger partial charge is 0.318 e. The highest BCUT2D eigenvalue weighted by molar-refractivity contribution is 9.11. The Hall–Kier alpha value is -1.20. The molecule has 0 spiro atoms. The Morgan fingerprint density at radius 1 is 1.16 bits per heavy atom. The molecule has 0 heterocycles. The van der Waals surface area contributed by atoms with Gasteiger partial charge in [-0.25, -0.2) is 4.39 Å². The molecule has 98 valence electrons. The van der Waals surface area contributed by atoms with Crippen LogP contribution < -0.4 is 5.32 Å². The molecule has 0 saturated carbocycles. The molecule has 0 aliphatic heterocycles. The molecule has 1 amide bonds. The van der Waals surface area contributed by atoms with Crippen LogP contribution in [0.15, 0.2) is 45.3 Å². The summed E-state index contributed by atoms with van der Waals surface area (Å²) in [6.07, 6.45) is 0. The molecule has 0 bridgehead atoms. The number of rotatable bonds is 2. The van der Waals surface area contributed by atoms with Gasteiger partial charge in [-0.1, -0.05) is 12.1 Å². The Balaban J connectivity index is 2.31. The van der Waals surface area contributed by atoms with Crippen molar-refractivity contribution in [1.82, 2.24) is 0 Å². The van der Waals surface area contributed by atoms with Gasteiger partial charge in [-0.2, -0.15) is 0 Å². The van der Waals surface area contributed by atoms with Crippen LogP contribution in [0.3, 0.4) is 0 Å². The normalized spacial score (nSPS) is 10.3. The van der Waals surface area contributed by atoms with Gasteiger partial charge < -0.3 is 5.32 Å². The van der Waals surface area contributed by atoms with Crippen molar-refractivity contribution in [1.29, 1.82) is 0 Å². The highest BCUT2D eigenvalue weighted by atomic mass is 79.9. The van der Waals surface area contributed by atoms with E-state index in [-0.39, 0.29) is 11.6 Å². The number of para-hydroxylation sites is 1. The van der Waals surface area contributed by atoms with Gasteiger partial charge in [0.1, 0.15) is 5.82 Å². The molecule has 0 saturated heterocycles. The second kappa shape index (κ2) is 5.84. The highest BCUT2D eigenvalue weighted by Gasteiger charge is 2.14. The molecule has 0 aromatic heterocycles. The summed E-state index contributed by atoms with van der Waals surface area (Å²) in [5.41, 5.74) is 1.64. The Morgan fingerprint density at radius 3 is 2.53 bits per heavy atom. The third-order valence-electron chi connectivity index (χ3n) is 2.57. The molecule has 1 N–H and O–H groups in total. The standard InChI is InChI=1S/C14H10Br2FNO/c1-8-5-6-9(11(16)7-8)14(19)18-13-10(15)3-2-4-12(13)17/h2-7H,1H3,(H,18,19). The minimum absolute atomic E-state index is 0.139. The molecule has 2 aromatic rings. The third-order valence-corrected chi connectivity index (χ3v) is 3.89. The number of hydrogen-bond acceptors (Lipinski definition) is 1. The predicted molar refractivity (Wildman–Crippen MR) is 80.9 cm³/mol. The van der Waals surface area contributed by atoms with Gasteiger partial charge in [0, 0.05) is 8.95 Å². The minimum Gasteiger partial charge on any atom is -0.318 e. The van der Waals surface area contributed by atoms with Crippen LogP contribution in [0.5, 0.6) is 0 Å². The smallest absolute Gasteiger partial charge is 0.256 e. The van der Waals surface area contributed by atoms with Gasteiger partial charge in [0.2, 0.25) is 0 Å². The van der Waals surface area contributed by atoms with E-state index >= 15 is 0 Å². The van der Waals surface area contributed by atoms with Gasteiger partial charge in [-0.15, -0.1) is 0 Å². The number of amides is 1. The van der Waals surface area contributed by atoms with Crippen LogP contribution in [0.2, 0.25) is 0 Å². The van der Waals surface area contributed by atoms with Gasteiger partial charge in [0.15, 0.2) is 0 Å². The fourth-order valence-electron chi connectivity index (χ4n) is 1.60. The summed E-state index contributed by atoms with van der Waals surface area (Å²) in [6, 6.07) is 9.90. The van der Waals surface area contributed by atoms with Gasteiger partial charge in [0.25, 0.3) is 5.91 Å². The SMILES string of the molecule is Cc1ccc(C(=O)Nc2c(F)cccc2Br)c(Br)c1. The first-order valence-electron chi connectivity index (χ1n) is 5.50. The maximum atomic E-state index is 13.6. The Labute approximate surface area is 127 Å². The molecule has 0 radical (unpaired) electrons. The molecule has 2 rings (SSSR count). The monoisotopic (exact) mass is 385 g/mol. The maximum absolute atomic E-state index is 13.6. The first-order valence-corrected chi connectivity index (χ1v) is 7.09. The predicted octanol–water partition coefficient (Wildman–Crippen LogP) is 4.91. The number of hydrogen-bond donors (Lipinski definition) is 1. The second-order valence-corrected chi connectivity index (χ2v) is 5.74. The Bertz CT molecular complexity index is 623. The lowest BCUT2D eigenvalue weighted by Crippen LogP contribution is -2.14. The zero-order valence-electron chi connectivity index (χ0n) is 10.0. The first-order chi connectivity index (χ1) is 8.99. The van der Waals surface area contributed by atoms with E-state index in [4.69, 9.17) is 0 Å². The molecule has 2 aromatic carbocycles. The molecule has 5 heteroatoms. The van der Waals surface area contributed by atoms with E-state index in [0.717, 1.165) is 5.56 Å². The van der Waals surface area contributed by atoms with Crippen molar-refractivity contribution in [3.05, 3.63) is 62.3 Å². The summed E-state index contributed by atoms with van der Waals surface area (Å²) in [6.45, 7) is 1.93. The van der Waals surface area contributed by atoms with Crippen molar-refractivity contribution in [2.24, 2.45) is 0 Å². The van der Waals surface area contributed by atoms with Crippen molar-refractivity contribution in [2.45, 2.75) is 6.92 Å². The summed E-state index contributed by atoms with van der Waals surface area (Å²) in [5.74, 6) is -0.844. The van der Waals surface area contributed by atoms with Crippen molar-refractivity contribution in [3.63, 3.8) is 0 Å². The zero-order chi connectivity index (χ0) is 14.0. The molecule has 0 unspecified atom stereocenters. The van der Waals surface area contributed by atoms with Crippen molar-refractivity contribution in [2.75, 3.05) is 5.32 Å². The maximum Gasteiger partial charge on any atom is 0.256 e. The lowest BCUT2D eigenvalue weighted by atomic mass is 10.1. The number of carbonyl (C=O) groups excluding carboxylic acids is 1. The van der Waals surface area contributed by atoms with E-state index in [1.165, 1.54) is 6.07 Å². The van der Waals surface area contributed by atoms with E-state index in [1.807, 2.05) is 19.1 Å². The van der Waals surface area contributed by atoms with Crippen molar-refractivity contribution in [3.8, 4) is 0 Å². The van der Waals surface area contributed by atoms with E-state index in [1.54, 1.807) is 18.2 Å². The molecule has 19 heavy (non-hydrogen) atoms. The van der Waals surface area contributed by atoms with Gasteiger partial charge >= 0.3 is 0 Å². The number of benzene rings is 2.